The van der Waals surface area contributed by atoms with Crippen LogP contribution in [0.4, 0.5) is 0 Å². The van der Waals surface area contributed by atoms with Crippen molar-refractivity contribution in [2.45, 2.75) is 38.6 Å². The smallest absolute Gasteiger partial charge is 0.268 e. The number of rotatable bonds is 6. The van der Waals surface area contributed by atoms with Crippen LogP contribution >= 0.6 is 15.9 Å². The van der Waals surface area contributed by atoms with Crippen LogP contribution in [0.25, 0.3) is 17.3 Å². The molecule has 1 saturated carbocycles. The SMILES string of the molecule is Cc1nnc(-c2cc(C3CC3)n(-c3cccc(C(=O)N[C@H](C)c4ccc(Br)cc4)c3)n2)o1. The summed E-state index contributed by atoms with van der Waals surface area (Å²) in [4.78, 5) is 13.0. The van der Waals surface area contributed by atoms with Gasteiger partial charge in [-0.3, -0.25) is 4.79 Å². The van der Waals surface area contributed by atoms with Crippen LogP contribution in [-0.4, -0.2) is 25.9 Å². The Morgan fingerprint density at radius 1 is 1.16 bits per heavy atom. The summed E-state index contributed by atoms with van der Waals surface area (Å²) in [5.41, 5.74) is 4.19. The van der Waals surface area contributed by atoms with Gasteiger partial charge in [-0.15, -0.1) is 10.2 Å². The van der Waals surface area contributed by atoms with Gasteiger partial charge in [-0.2, -0.15) is 5.10 Å². The van der Waals surface area contributed by atoms with E-state index in [2.05, 4.69) is 31.4 Å². The van der Waals surface area contributed by atoms with Crippen LogP contribution in [0.3, 0.4) is 0 Å². The van der Waals surface area contributed by atoms with E-state index in [0.717, 1.165) is 34.3 Å². The number of nitrogens with zero attached hydrogens (tertiary/aromatic N) is 4. The topological polar surface area (TPSA) is 85.8 Å². The number of aryl methyl sites for hydroxylation is 1. The highest BCUT2D eigenvalue weighted by atomic mass is 79.9. The lowest BCUT2D eigenvalue weighted by molar-refractivity contribution is 0.0940. The number of benzene rings is 2. The predicted molar refractivity (Wildman–Crippen MR) is 124 cm³/mol. The third-order valence-electron chi connectivity index (χ3n) is 5.55. The van der Waals surface area contributed by atoms with Crippen LogP contribution in [0.1, 0.15) is 59.2 Å². The first-order chi connectivity index (χ1) is 15.5. The summed E-state index contributed by atoms with van der Waals surface area (Å²) in [6.07, 6.45) is 2.25. The van der Waals surface area contributed by atoms with Crippen LogP contribution < -0.4 is 5.32 Å². The number of nitrogens with one attached hydrogen (secondary N) is 1. The van der Waals surface area contributed by atoms with Gasteiger partial charge < -0.3 is 9.73 Å². The van der Waals surface area contributed by atoms with Gasteiger partial charge in [0.25, 0.3) is 11.8 Å². The van der Waals surface area contributed by atoms with E-state index in [1.807, 2.05) is 66.2 Å². The molecular weight excluding hydrogens is 470 g/mol. The summed E-state index contributed by atoms with van der Waals surface area (Å²) in [7, 11) is 0. The molecule has 0 unspecified atom stereocenters. The molecule has 5 rings (SSSR count). The number of halogens is 1. The van der Waals surface area contributed by atoms with Crippen LogP contribution in [0.5, 0.6) is 0 Å². The number of amides is 1. The molecule has 32 heavy (non-hydrogen) atoms. The second-order valence-corrected chi connectivity index (χ2v) is 8.98. The Morgan fingerprint density at radius 2 is 1.94 bits per heavy atom. The van der Waals surface area contributed by atoms with Crippen LogP contribution in [0, 0.1) is 6.92 Å². The molecule has 1 atom stereocenters. The highest BCUT2D eigenvalue weighted by Crippen LogP contribution is 2.42. The predicted octanol–water partition coefficient (Wildman–Crippen LogP) is 5.36. The fourth-order valence-electron chi connectivity index (χ4n) is 3.67. The van der Waals surface area contributed by atoms with Crippen molar-refractivity contribution in [2.75, 3.05) is 0 Å². The van der Waals surface area contributed by atoms with Gasteiger partial charge >= 0.3 is 0 Å². The minimum absolute atomic E-state index is 0.113. The molecule has 162 valence electrons. The molecule has 2 heterocycles. The molecule has 7 nitrogen and oxygen atoms in total. The molecule has 1 aliphatic carbocycles. The van der Waals surface area contributed by atoms with Gasteiger partial charge in [-0.1, -0.05) is 34.1 Å². The Hall–Kier alpha value is -3.26. The van der Waals surface area contributed by atoms with Crippen LogP contribution in [0.15, 0.2) is 63.5 Å². The zero-order chi connectivity index (χ0) is 22.2. The Balaban J connectivity index is 1.42. The van der Waals surface area contributed by atoms with Gasteiger partial charge in [-0.05, 0) is 61.7 Å². The molecule has 2 aromatic heterocycles. The lowest BCUT2D eigenvalue weighted by Gasteiger charge is -2.15. The lowest BCUT2D eigenvalue weighted by Crippen LogP contribution is -2.26. The minimum Gasteiger partial charge on any atom is -0.420 e. The molecule has 2 aromatic carbocycles. The van der Waals surface area contributed by atoms with E-state index in [1.54, 1.807) is 6.92 Å². The van der Waals surface area contributed by atoms with Crippen molar-refractivity contribution < 1.29 is 9.21 Å². The van der Waals surface area contributed by atoms with E-state index in [9.17, 15) is 4.79 Å². The molecule has 1 fully saturated rings. The van der Waals surface area contributed by atoms with E-state index >= 15 is 0 Å². The molecule has 0 aliphatic heterocycles. The van der Waals surface area contributed by atoms with Crippen LogP contribution in [0.2, 0.25) is 0 Å². The fourth-order valence-corrected chi connectivity index (χ4v) is 3.93. The van der Waals surface area contributed by atoms with E-state index in [0.29, 0.717) is 29.0 Å². The van der Waals surface area contributed by atoms with Gasteiger partial charge in [0.15, 0.2) is 0 Å². The van der Waals surface area contributed by atoms with Crippen molar-refractivity contribution >= 4 is 21.8 Å². The highest BCUT2D eigenvalue weighted by molar-refractivity contribution is 9.10. The molecule has 0 radical (unpaired) electrons. The molecule has 0 spiro atoms. The lowest BCUT2D eigenvalue weighted by atomic mass is 10.1. The average molecular weight is 492 g/mol. The number of aromatic nitrogens is 4. The number of carbonyl (C=O) groups is 1. The van der Waals surface area contributed by atoms with Crippen molar-refractivity contribution in [3.8, 4) is 17.3 Å². The van der Waals surface area contributed by atoms with Crippen molar-refractivity contribution in [3.05, 3.63) is 81.8 Å². The maximum atomic E-state index is 13.0. The maximum Gasteiger partial charge on any atom is 0.268 e. The second-order valence-electron chi connectivity index (χ2n) is 8.06. The standard InChI is InChI=1S/C24H22BrN5O2/c1-14(16-8-10-19(25)11-9-16)26-23(31)18-4-3-5-20(12-18)30-22(17-6-7-17)13-21(29-30)24-28-27-15(2)32-24/h3-5,8-14,17H,6-7H2,1-2H3,(H,26,31)/t14-/m1/s1. The monoisotopic (exact) mass is 491 g/mol. The largest absolute Gasteiger partial charge is 0.420 e. The molecule has 0 saturated heterocycles. The number of hydrogen-bond donors (Lipinski definition) is 1. The average Bonchev–Trinajstić information content (AvgIpc) is 3.39. The molecule has 0 bridgehead atoms. The molecule has 4 aromatic rings. The fraction of sp³-hybridized carbons (Fsp3) is 0.250. The first-order valence-electron chi connectivity index (χ1n) is 10.5. The summed E-state index contributed by atoms with van der Waals surface area (Å²) in [5.74, 6) is 1.23. The Morgan fingerprint density at radius 3 is 2.62 bits per heavy atom. The van der Waals surface area contributed by atoms with Crippen molar-refractivity contribution in [1.82, 2.24) is 25.3 Å². The number of hydrogen-bond acceptors (Lipinski definition) is 5. The Labute approximate surface area is 194 Å². The van der Waals surface area contributed by atoms with E-state index < -0.39 is 0 Å². The highest BCUT2D eigenvalue weighted by Gasteiger charge is 2.30. The molecule has 1 N–H and O–H groups in total. The van der Waals surface area contributed by atoms with E-state index in [1.165, 1.54) is 0 Å². The second kappa shape index (κ2) is 8.35. The molecule has 8 heteroatoms. The summed E-state index contributed by atoms with van der Waals surface area (Å²) < 4.78 is 8.46. The van der Waals surface area contributed by atoms with Crippen LogP contribution in [-0.2, 0) is 0 Å². The first kappa shape index (κ1) is 20.6. The Kier molecular flexibility index (Phi) is 5.38. The molecular formula is C24H22BrN5O2. The van der Waals surface area contributed by atoms with Crippen molar-refractivity contribution in [3.63, 3.8) is 0 Å². The summed E-state index contributed by atoms with van der Waals surface area (Å²) in [6.45, 7) is 3.73. The van der Waals surface area contributed by atoms with Crippen molar-refractivity contribution in [2.24, 2.45) is 0 Å². The Bertz CT molecular complexity index is 1270. The van der Waals surface area contributed by atoms with E-state index in [4.69, 9.17) is 9.52 Å². The van der Waals surface area contributed by atoms with Gasteiger partial charge in [0.05, 0.1) is 11.7 Å². The zero-order valence-electron chi connectivity index (χ0n) is 17.7. The summed E-state index contributed by atoms with van der Waals surface area (Å²) in [6, 6.07) is 17.3. The molecule has 1 amide bonds. The summed E-state index contributed by atoms with van der Waals surface area (Å²) >= 11 is 3.44. The van der Waals surface area contributed by atoms with Gasteiger partial charge in [0.2, 0.25) is 5.89 Å². The van der Waals surface area contributed by atoms with E-state index in [-0.39, 0.29) is 11.9 Å². The third-order valence-corrected chi connectivity index (χ3v) is 6.08. The zero-order valence-corrected chi connectivity index (χ0v) is 19.3. The van der Waals surface area contributed by atoms with Gasteiger partial charge in [0.1, 0.15) is 5.69 Å². The van der Waals surface area contributed by atoms with Crippen molar-refractivity contribution in [1.29, 1.82) is 0 Å². The normalized spacial score (nSPS) is 14.3. The minimum atomic E-state index is -0.129. The quantitative estimate of drug-likeness (QED) is 0.392. The van der Waals surface area contributed by atoms with Gasteiger partial charge in [0, 0.05) is 28.6 Å². The van der Waals surface area contributed by atoms with Gasteiger partial charge in [-0.25, -0.2) is 4.68 Å². The molecule has 1 aliphatic rings. The first-order valence-corrected chi connectivity index (χ1v) is 11.3. The maximum absolute atomic E-state index is 13.0. The third kappa shape index (κ3) is 4.23. The number of carbonyl (C=O) groups excluding carboxylic acids is 1. The summed E-state index contributed by atoms with van der Waals surface area (Å²) in [5, 5.41) is 15.8.